The quantitative estimate of drug-likeness (QED) is 0.637. The largest absolute Gasteiger partial charge is 0.504 e. The lowest BCUT2D eigenvalue weighted by Gasteiger charge is -2.65. The van der Waals surface area contributed by atoms with Gasteiger partial charge in [-0.05, 0) is 77.6 Å². The van der Waals surface area contributed by atoms with E-state index in [-0.39, 0.29) is 41.2 Å². The number of nitrogens with one attached hydrogen (secondary N) is 1. The first-order valence-corrected chi connectivity index (χ1v) is 12.7. The monoisotopic (exact) mass is 472 g/mol. The Labute approximate surface area is 203 Å². The minimum Gasteiger partial charge on any atom is -0.504 e. The van der Waals surface area contributed by atoms with Crippen molar-refractivity contribution >= 4 is 5.97 Å². The first-order valence-electron chi connectivity index (χ1n) is 12.7. The summed E-state index contributed by atoms with van der Waals surface area (Å²) >= 11 is 0. The number of esters is 1. The number of likely N-dealkylation sites (N-methyl/N-ethyl adjacent to an activating group) is 1. The number of aromatic hydroxyl groups is 1. The molecule has 7 nitrogen and oxygen atoms in total. The highest BCUT2D eigenvalue weighted by atomic mass is 16.6. The van der Waals surface area contributed by atoms with Crippen molar-refractivity contribution in [2.75, 3.05) is 20.7 Å². The molecule has 0 unspecified atom stereocenters. The van der Waals surface area contributed by atoms with E-state index >= 15 is 0 Å². The average Bonchev–Trinajstić information content (AvgIpc) is 3.11. The van der Waals surface area contributed by atoms with Gasteiger partial charge in [-0.3, -0.25) is 10.1 Å². The molecule has 5 rings (SSSR count). The van der Waals surface area contributed by atoms with E-state index in [9.17, 15) is 9.90 Å². The third kappa shape index (κ3) is 3.16. The molecule has 188 valence electrons. The van der Waals surface area contributed by atoms with E-state index in [2.05, 4.69) is 23.3 Å². The molecule has 2 fully saturated rings. The summed E-state index contributed by atoms with van der Waals surface area (Å²) in [4.78, 5) is 15.6. The van der Waals surface area contributed by atoms with Gasteiger partial charge in [0.05, 0.1) is 11.0 Å². The molecular weight excluding hydrogens is 432 g/mol. The fourth-order valence-corrected chi connectivity index (χ4v) is 7.44. The Morgan fingerprint density at radius 3 is 2.68 bits per heavy atom. The van der Waals surface area contributed by atoms with Crippen LogP contribution in [0.15, 0.2) is 12.1 Å². The predicted molar refractivity (Wildman–Crippen MR) is 129 cm³/mol. The third-order valence-corrected chi connectivity index (χ3v) is 8.77. The van der Waals surface area contributed by atoms with Crippen LogP contribution in [-0.4, -0.2) is 72.1 Å². The van der Waals surface area contributed by atoms with E-state index in [0.717, 1.165) is 37.8 Å². The maximum absolute atomic E-state index is 13.1. The second kappa shape index (κ2) is 7.84. The van der Waals surface area contributed by atoms with Gasteiger partial charge in [-0.15, -0.1) is 0 Å². The molecule has 2 aliphatic carbocycles. The number of rotatable bonds is 5. The van der Waals surface area contributed by atoms with Crippen LogP contribution < -0.4 is 10.1 Å². The fraction of sp³-hybridized carbons (Fsp3) is 0.741. The van der Waals surface area contributed by atoms with E-state index in [1.807, 2.05) is 41.7 Å². The Bertz CT molecular complexity index is 988. The van der Waals surface area contributed by atoms with E-state index in [4.69, 9.17) is 14.2 Å². The second-order valence-corrected chi connectivity index (χ2v) is 12.1. The van der Waals surface area contributed by atoms with Gasteiger partial charge in [0.25, 0.3) is 0 Å². The highest BCUT2D eigenvalue weighted by Gasteiger charge is 2.73. The Balaban J connectivity index is 1.57. The predicted octanol–water partition coefficient (Wildman–Crippen LogP) is 3.15. The van der Waals surface area contributed by atoms with Crippen LogP contribution in [0.25, 0.3) is 0 Å². The molecule has 2 aliphatic heterocycles. The van der Waals surface area contributed by atoms with Crippen molar-refractivity contribution < 1.29 is 24.1 Å². The van der Waals surface area contributed by atoms with Gasteiger partial charge in [-0.25, -0.2) is 0 Å². The average molecular weight is 473 g/mol. The van der Waals surface area contributed by atoms with Crippen LogP contribution in [0.4, 0.5) is 0 Å². The zero-order chi connectivity index (χ0) is 24.6. The molecule has 6 atom stereocenters. The van der Waals surface area contributed by atoms with Crippen LogP contribution in [0.5, 0.6) is 11.5 Å². The lowest BCUT2D eigenvalue weighted by Crippen LogP contribution is -2.78. The summed E-state index contributed by atoms with van der Waals surface area (Å²) in [6, 6.07) is 3.56. The normalized spacial score (nSPS) is 35.0. The van der Waals surface area contributed by atoms with Crippen LogP contribution in [0.3, 0.4) is 0 Å². The van der Waals surface area contributed by atoms with Crippen molar-refractivity contribution in [1.82, 2.24) is 10.2 Å². The molecule has 1 aromatic rings. The standard InChI is InChI=1S/C27H40N2O5/c1-15(2)21(24(31)34-25(3,4)5)28-17-10-11-27(32-7)19-14-16-8-9-18(30)22-20(16)26(27,23(17)33-22)12-13-29(19)6/h8-9,15,17,19,21,23,28,30H,10-14H2,1-7H3/t17-,19+,21+,23-,26-,27+/m0/s1. The van der Waals surface area contributed by atoms with Gasteiger partial charge in [0, 0.05) is 24.8 Å². The highest BCUT2D eigenvalue weighted by Crippen LogP contribution is 2.66. The molecule has 0 radical (unpaired) electrons. The smallest absolute Gasteiger partial charge is 0.323 e. The van der Waals surface area contributed by atoms with Crippen molar-refractivity contribution in [1.29, 1.82) is 0 Å². The lowest BCUT2D eigenvalue weighted by atomic mass is 9.48. The summed E-state index contributed by atoms with van der Waals surface area (Å²) in [6.07, 6.45) is 3.22. The Morgan fingerprint density at radius 2 is 2.03 bits per heavy atom. The van der Waals surface area contributed by atoms with Crippen molar-refractivity contribution in [2.24, 2.45) is 5.92 Å². The molecule has 1 aromatic carbocycles. The summed E-state index contributed by atoms with van der Waals surface area (Å²) in [5.41, 5.74) is 1.06. The zero-order valence-electron chi connectivity index (χ0n) is 21.6. The number of hydrogen-bond acceptors (Lipinski definition) is 7. The molecule has 2 bridgehead atoms. The number of benzene rings is 1. The molecule has 4 aliphatic rings. The molecule has 2 N–H and O–H groups in total. The molecule has 7 heteroatoms. The Kier molecular flexibility index (Phi) is 5.51. The molecule has 0 amide bonds. The van der Waals surface area contributed by atoms with Gasteiger partial charge in [0.1, 0.15) is 17.7 Å². The minimum absolute atomic E-state index is 0.0609. The van der Waals surface area contributed by atoms with Crippen LogP contribution in [0.2, 0.25) is 0 Å². The van der Waals surface area contributed by atoms with Crippen molar-refractivity contribution in [3.63, 3.8) is 0 Å². The van der Waals surface area contributed by atoms with Gasteiger partial charge in [0.15, 0.2) is 11.5 Å². The molecule has 0 aromatic heterocycles. The number of phenolic OH excluding ortho intramolecular Hbond substituents is 1. The van der Waals surface area contributed by atoms with Crippen molar-refractivity contribution in [2.45, 2.75) is 101 Å². The number of likely N-dealkylation sites (tertiary alicyclic amines) is 1. The number of hydrogen-bond donors (Lipinski definition) is 2. The molecule has 2 heterocycles. The summed E-state index contributed by atoms with van der Waals surface area (Å²) < 4.78 is 19.0. The third-order valence-electron chi connectivity index (χ3n) is 8.77. The van der Waals surface area contributed by atoms with Gasteiger partial charge < -0.3 is 24.2 Å². The van der Waals surface area contributed by atoms with Crippen molar-refractivity contribution in [3.05, 3.63) is 23.3 Å². The first-order chi connectivity index (χ1) is 15.9. The van der Waals surface area contributed by atoms with Crippen LogP contribution in [-0.2, 0) is 26.1 Å². The summed E-state index contributed by atoms with van der Waals surface area (Å²) in [5.74, 6) is 0.633. The number of carbonyl (C=O) groups is 1. The maximum atomic E-state index is 13.1. The van der Waals surface area contributed by atoms with Crippen LogP contribution in [0, 0.1) is 5.92 Å². The number of piperidine rings is 1. The minimum atomic E-state index is -0.548. The SMILES string of the molecule is CO[C@@]12CC[C@H](N[C@@H](C(=O)OC(C)(C)C)C(C)C)[C@@H]3Oc4c(O)ccc5c4[C@@]31CCN(C)[C@@H]2C5. The van der Waals surface area contributed by atoms with Crippen molar-refractivity contribution in [3.8, 4) is 11.5 Å². The topological polar surface area (TPSA) is 80.3 Å². The fourth-order valence-electron chi connectivity index (χ4n) is 7.44. The van der Waals surface area contributed by atoms with Gasteiger partial charge in [-0.1, -0.05) is 19.9 Å². The number of phenols is 1. The summed E-state index contributed by atoms with van der Waals surface area (Å²) in [5, 5.41) is 14.5. The van der Waals surface area contributed by atoms with Gasteiger partial charge >= 0.3 is 5.97 Å². The molecule has 1 saturated heterocycles. The molecular formula is C27H40N2O5. The Hall–Kier alpha value is -1.83. The molecule has 34 heavy (non-hydrogen) atoms. The van der Waals surface area contributed by atoms with Gasteiger partial charge in [-0.2, -0.15) is 0 Å². The van der Waals surface area contributed by atoms with E-state index in [1.54, 1.807) is 6.07 Å². The number of ether oxygens (including phenoxy) is 3. The highest BCUT2D eigenvalue weighted by molar-refractivity contribution is 5.76. The van der Waals surface area contributed by atoms with Crippen LogP contribution >= 0.6 is 0 Å². The summed E-state index contributed by atoms with van der Waals surface area (Å²) in [7, 11) is 4.03. The lowest BCUT2D eigenvalue weighted by molar-refractivity contribution is -0.204. The molecule has 1 spiro atoms. The van der Waals surface area contributed by atoms with E-state index in [1.165, 1.54) is 5.56 Å². The first kappa shape index (κ1) is 23.9. The van der Waals surface area contributed by atoms with Gasteiger partial charge in [0.2, 0.25) is 0 Å². The maximum Gasteiger partial charge on any atom is 0.323 e. The summed E-state index contributed by atoms with van der Waals surface area (Å²) in [6.45, 7) is 10.7. The molecule has 1 saturated carbocycles. The van der Waals surface area contributed by atoms with Crippen LogP contribution in [0.1, 0.15) is 65.0 Å². The van der Waals surface area contributed by atoms with E-state index in [0.29, 0.717) is 5.75 Å². The number of carbonyl (C=O) groups excluding carboxylic acids is 1. The second-order valence-electron chi connectivity index (χ2n) is 12.1. The number of nitrogens with zero attached hydrogens (tertiary/aromatic N) is 1. The number of methoxy groups -OCH3 is 1. The Morgan fingerprint density at radius 1 is 1.29 bits per heavy atom. The zero-order valence-corrected chi connectivity index (χ0v) is 21.6. The van der Waals surface area contributed by atoms with E-state index < -0.39 is 17.2 Å².